The largest absolute Gasteiger partial charge is 0.346 e. The molecule has 2 amide bonds. The first-order chi connectivity index (χ1) is 15.1. The number of amides is 2. The van der Waals surface area contributed by atoms with E-state index in [-0.39, 0.29) is 24.1 Å². The Morgan fingerprint density at radius 2 is 1.74 bits per heavy atom. The molecule has 6 nitrogen and oxygen atoms in total. The second-order valence-corrected chi connectivity index (χ2v) is 9.06. The van der Waals surface area contributed by atoms with E-state index in [2.05, 4.69) is 43.3 Å². The Hall–Kier alpha value is -2.58. The number of carbonyl (C=O) groups excluding carboxylic acids is 2. The summed E-state index contributed by atoms with van der Waals surface area (Å²) in [6.45, 7) is -0.0790. The molecule has 1 aliphatic carbocycles. The van der Waals surface area contributed by atoms with Crippen molar-refractivity contribution in [2.75, 3.05) is 17.6 Å². The van der Waals surface area contributed by atoms with Crippen LogP contribution in [0.1, 0.15) is 24.2 Å². The second-order valence-electron chi connectivity index (χ2n) is 7.26. The van der Waals surface area contributed by atoms with Gasteiger partial charge >= 0.3 is 0 Å². The van der Waals surface area contributed by atoms with E-state index < -0.39 is 0 Å². The molecule has 0 fully saturated rings. The van der Waals surface area contributed by atoms with E-state index in [1.54, 1.807) is 6.07 Å². The number of rotatable bonds is 7. The molecular weight excluding hydrogens is 476 g/mol. The quantitative estimate of drug-likeness (QED) is 0.474. The van der Waals surface area contributed by atoms with Crippen LogP contribution in [0.15, 0.2) is 64.2 Å². The topological polar surface area (TPSA) is 76.0 Å². The van der Waals surface area contributed by atoms with Crippen LogP contribution in [0.5, 0.6) is 0 Å². The standard InChI is InChI=1S/C23H23BrN4O2S/c24-17-10-4-5-11-18(17)26-21(29)14-25-22(30)15-31-23-27-19-12-6-7-13-20(19)28(23)16-8-2-1-3-9-16/h1-5,8-11H,6-7,12-15H2,(H,25,30)(H,26,29). The van der Waals surface area contributed by atoms with Gasteiger partial charge in [0.15, 0.2) is 5.16 Å². The Labute approximate surface area is 194 Å². The molecule has 1 aromatic heterocycles. The van der Waals surface area contributed by atoms with Crippen LogP contribution in [0.2, 0.25) is 0 Å². The monoisotopic (exact) mass is 498 g/mol. The molecule has 4 rings (SSSR count). The van der Waals surface area contributed by atoms with Crippen LogP contribution in [0.4, 0.5) is 5.69 Å². The Morgan fingerprint density at radius 1 is 1.00 bits per heavy atom. The van der Waals surface area contributed by atoms with Gasteiger partial charge in [0.1, 0.15) is 0 Å². The highest BCUT2D eigenvalue weighted by Crippen LogP contribution is 2.30. The molecule has 0 aliphatic heterocycles. The summed E-state index contributed by atoms with van der Waals surface area (Å²) in [4.78, 5) is 29.3. The Kier molecular flexibility index (Phi) is 7.09. The van der Waals surface area contributed by atoms with Crippen molar-refractivity contribution in [3.8, 4) is 5.69 Å². The van der Waals surface area contributed by atoms with E-state index in [1.165, 1.54) is 17.5 Å². The molecule has 160 valence electrons. The van der Waals surface area contributed by atoms with Crippen LogP contribution in [0.25, 0.3) is 5.69 Å². The first-order valence-electron chi connectivity index (χ1n) is 10.2. The van der Waals surface area contributed by atoms with E-state index in [0.717, 1.165) is 46.7 Å². The molecule has 3 aromatic rings. The lowest BCUT2D eigenvalue weighted by Gasteiger charge is -2.15. The number of thioether (sulfide) groups is 1. The fourth-order valence-electron chi connectivity index (χ4n) is 3.57. The molecule has 0 saturated carbocycles. The average molecular weight is 499 g/mol. The maximum Gasteiger partial charge on any atom is 0.243 e. The van der Waals surface area contributed by atoms with Gasteiger partial charge in [0.25, 0.3) is 0 Å². The highest BCUT2D eigenvalue weighted by Gasteiger charge is 2.22. The van der Waals surface area contributed by atoms with Gasteiger partial charge in [-0.2, -0.15) is 0 Å². The van der Waals surface area contributed by atoms with Gasteiger partial charge in [-0.1, -0.05) is 42.1 Å². The number of benzene rings is 2. The van der Waals surface area contributed by atoms with Crippen LogP contribution >= 0.6 is 27.7 Å². The molecule has 0 saturated heterocycles. The lowest BCUT2D eigenvalue weighted by molar-refractivity contribution is -0.122. The highest BCUT2D eigenvalue weighted by molar-refractivity contribution is 9.10. The first-order valence-corrected chi connectivity index (χ1v) is 12.0. The molecule has 0 spiro atoms. The van der Waals surface area contributed by atoms with Crippen molar-refractivity contribution >= 4 is 45.2 Å². The Bertz CT molecular complexity index is 1080. The van der Waals surface area contributed by atoms with Crippen molar-refractivity contribution in [1.29, 1.82) is 0 Å². The normalized spacial score (nSPS) is 12.8. The zero-order valence-corrected chi connectivity index (χ0v) is 19.3. The fourth-order valence-corrected chi connectivity index (χ4v) is 4.84. The summed E-state index contributed by atoms with van der Waals surface area (Å²) in [5, 5.41) is 6.29. The number of nitrogens with one attached hydrogen (secondary N) is 2. The molecule has 2 N–H and O–H groups in total. The number of aryl methyl sites for hydroxylation is 1. The molecule has 0 unspecified atom stereocenters. The predicted octanol–water partition coefficient (Wildman–Crippen LogP) is 4.36. The van der Waals surface area contributed by atoms with Gasteiger partial charge in [0.05, 0.1) is 23.7 Å². The molecule has 8 heteroatoms. The second kappa shape index (κ2) is 10.2. The molecular formula is C23H23BrN4O2S. The summed E-state index contributed by atoms with van der Waals surface area (Å²) in [5.41, 5.74) is 4.11. The lowest BCUT2D eigenvalue weighted by Crippen LogP contribution is -2.34. The minimum absolute atomic E-state index is 0.0790. The van der Waals surface area contributed by atoms with Crippen molar-refractivity contribution in [1.82, 2.24) is 14.9 Å². The van der Waals surface area contributed by atoms with Crippen LogP contribution < -0.4 is 10.6 Å². The van der Waals surface area contributed by atoms with Gasteiger partial charge in [0.2, 0.25) is 11.8 Å². The van der Waals surface area contributed by atoms with Crippen LogP contribution in [0, 0.1) is 0 Å². The number of carbonyl (C=O) groups is 2. The number of fused-ring (bicyclic) bond motifs is 1. The third kappa shape index (κ3) is 5.37. The summed E-state index contributed by atoms with van der Waals surface area (Å²) in [6, 6.07) is 17.5. The zero-order valence-electron chi connectivity index (χ0n) is 16.9. The van der Waals surface area contributed by atoms with Crippen LogP contribution in [-0.2, 0) is 22.4 Å². The van der Waals surface area contributed by atoms with Crippen molar-refractivity contribution < 1.29 is 9.59 Å². The van der Waals surface area contributed by atoms with Gasteiger partial charge < -0.3 is 10.6 Å². The third-order valence-corrected chi connectivity index (χ3v) is 6.67. The summed E-state index contributed by atoms with van der Waals surface area (Å²) in [5.74, 6) is -0.273. The molecule has 1 aliphatic rings. The number of hydrogen-bond acceptors (Lipinski definition) is 4. The molecule has 31 heavy (non-hydrogen) atoms. The lowest BCUT2D eigenvalue weighted by atomic mass is 10.0. The zero-order chi connectivity index (χ0) is 21.6. The van der Waals surface area contributed by atoms with Gasteiger partial charge in [-0.05, 0) is 65.9 Å². The van der Waals surface area contributed by atoms with Gasteiger partial charge in [-0.15, -0.1) is 0 Å². The molecule has 1 heterocycles. The summed E-state index contributed by atoms with van der Waals surface area (Å²) in [7, 11) is 0. The number of aromatic nitrogens is 2. The first kappa shape index (κ1) is 21.6. The summed E-state index contributed by atoms with van der Waals surface area (Å²) in [6.07, 6.45) is 4.28. The van der Waals surface area contributed by atoms with Crippen molar-refractivity contribution in [2.45, 2.75) is 30.8 Å². The maximum atomic E-state index is 12.4. The SMILES string of the molecule is O=C(CSc1nc2c(n1-c1ccccc1)CCCC2)NCC(=O)Nc1ccccc1Br. The average Bonchev–Trinajstić information content (AvgIpc) is 3.17. The smallest absolute Gasteiger partial charge is 0.243 e. The van der Waals surface area contributed by atoms with Crippen LogP contribution in [0.3, 0.4) is 0 Å². The van der Waals surface area contributed by atoms with Crippen molar-refractivity contribution in [3.63, 3.8) is 0 Å². The van der Waals surface area contributed by atoms with Gasteiger partial charge in [-0.3, -0.25) is 14.2 Å². The highest BCUT2D eigenvalue weighted by atomic mass is 79.9. The third-order valence-electron chi connectivity index (χ3n) is 5.04. The van der Waals surface area contributed by atoms with E-state index in [0.29, 0.717) is 5.69 Å². The van der Waals surface area contributed by atoms with Crippen molar-refractivity contribution in [2.24, 2.45) is 0 Å². The fraction of sp³-hybridized carbons (Fsp3) is 0.261. The number of halogens is 1. The number of hydrogen-bond donors (Lipinski definition) is 2. The Balaban J connectivity index is 1.37. The molecule has 2 aromatic carbocycles. The molecule has 0 bridgehead atoms. The van der Waals surface area contributed by atoms with Crippen molar-refractivity contribution in [3.05, 3.63) is 70.5 Å². The van der Waals surface area contributed by atoms with E-state index in [1.807, 2.05) is 36.4 Å². The van der Waals surface area contributed by atoms with Gasteiger partial charge in [-0.25, -0.2) is 4.98 Å². The Morgan fingerprint density at radius 3 is 2.55 bits per heavy atom. The molecule has 0 radical (unpaired) electrons. The number of imidazole rings is 1. The summed E-state index contributed by atoms with van der Waals surface area (Å²) >= 11 is 4.79. The number of anilines is 1. The van der Waals surface area contributed by atoms with Crippen LogP contribution in [-0.4, -0.2) is 33.7 Å². The van der Waals surface area contributed by atoms with E-state index >= 15 is 0 Å². The minimum Gasteiger partial charge on any atom is -0.346 e. The van der Waals surface area contributed by atoms with E-state index in [9.17, 15) is 9.59 Å². The number of nitrogens with zero attached hydrogens (tertiary/aromatic N) is 2. The summed E-state index contributed by atoms with van der Waals surface area (Å²) < 4.78 is 2.97. The predicted molar refractivity (Wildman–Crippen MR) is 127 cm³/mol. The maximum absolute atomic E-state index is 12.4. The minimum atomic E-state index is -0.272. The molecule has 0 atom stereocenters. The van der Waals surface area contributed by atoms with E-state index in [4.69, 9.17) is 4.98 Å². The number of para-hydroxylation sites is 2. The van der Waals surface area contributed by atoms with Gasteiger partial charge in [0, 0.05) is 15.9 Å².